The van der Waals surface area contributed by atoms with E-state index in [0.717, 1.165) is 5.56 Å². The number of anilines is 1. The van der Waals surface area contributed by atoms with Gasteiger partial charge in [0.1, 0.15) is 18.9 Å². The minimum atomic E-state index is -0.447. The van der Waals surface area contributed by atoms with E-state index >= 15 is 0 Å². The number of nitrogens with one attached hydrogen (secondary N) is 1. The van der Waals surface area contributed by atoms with E-state index in [2.05, 4.69) is 27.3 Å². The SMILES string of the molecule is C=CCOc1ccc(-c2nnn(CC(=O)Nc3cccc(C(=O)OCC)c3)n2)cc1. The van der Waals surface area contributed by atoms with E-state index in [-0.39, 0.29) is 19.1 Å². The Morgan fingerprint density at radius 2 is 2.00 bits per heavy atom. The second-order valence-corrected chi connectivity index (χ2v) is 6.12. The zero-order valence-corrected chi connectivity index (χ0v) is 16.4. The third-order valence-corrected chi connectivity index (χ3v) is 3.88. The molecule has 0 bridgehead atoms. The lowest BCUT2D eigenvalue weighted by atomic mass is 10.2. The lowest BCUT2D eigenvalue weighted by Gasteiger charge is -2.07. The Hall–Kier alpha value is -4.01. The Bertz CT molecular complexity index is 1030. The quantitative estimate of drug-likeness (QED) is 0.429. The fourth-order valence-electron chi connectivity index (χ4n) is 2.55. The number of carbonyl (C=O) groups is 2. The normalized spacial score (nSPS) is 10.3. The summed E-state index contributed by atoms with van der Waals surface area (Å²) in [5, 5.41) is 14.8. The summed E-state index contributed by atoms with van der Waals surface area (Å²) in [6.07, 6.45) is 1.67. The van der Waals surface area contributed by atoms with Gasteiger partial charge in [-0.05, 0) is 54.6 Å². The van der Waals surface area contributed by atoms with Crippen LogP contribution in [0.25, 0.3) is 11.4 Å². The van der Waals surface area contributed by atoms with Gasteiger partial charge in [0.25, 0.3) is 0 Å². The zero-order valence-electron chi connectivity index (χ0n) is 16.4. The molecule has 0 saturated carbocycles. The van der Waals surface area contributed by atoms with Crippen LogP contribution in [0.5, 0.6) is 5.75 Å². The van der Waals surface area contributed by atoms with Gasteiger partial charge in [0, 0.05) is 11.3 Å². The fourth-order valence-corrected chi connectivity index (χ4v) is 2.55. The van der Waals surface area contributed by atoms with Gasteiger partial charge in [0.15, 0.2) is 0 Å². The highest BCUT2D eigenvalue weighted by molar-refractivity contribution is 5.94. The van der Waals surface area contributed by atoms with Crippen LogP contribution in [0.3, 0.4) is 0 Å². The molecule has 0 aliphatic rings. The van der Waals surface area contributed by atoms with Gasteiger partial charge in [-0.2, -0.15) is 4.80 Å². The van der Waals surface area contributed by atoms with Gasteiger partial charge in [-0.3, -0.25) is 4.79 Å². The molecule has 0 atom stereocenters. The zero-order chi connectivity index (χ0) is 21.3. The molecule has 0 aliphatic carbocycles. The van der Waals surface area contributed by atoms with Gasteiger partial charge in [0.05, 0.1) is 12.2 Å². The van der Waals surface area contributed by atoms with Crippen molar-refractivity contribution in [1.29, 1.82) is 0 Å². The van der Waals surface area contributed by atoms with Crippen molar-refractivity contribution in [2.24, 2.45) is 0 Å². The monoisotopic (exact) mass is 407 g/mol. The van der Waals surface area contributed by atoms with Crippen molar-refractivity contribution in [3.63, 3.8) is 0 Å². The molecular formula is C21H21N5O4. The molecule has 1 N–H and O–H groups in total. The minimum absolute atomic E-state index is 0.128. The van der Waals surface area contributed by atoms with Crippen LogP contribution >= 0.6 is 0 Å². The summed E-state index contributed by atoms with van der Waals surface area (Å²) < 4.78 is 10.4. The van der Waals surface area contributed by atoms with E-state index in [0.29, 0.717) is 29.4 Å². The Morgan fingerprint density at radius 1 is 1.20 bits per heavy atom. The fraction of sp³-hybridized carbons (Fsp3) is 0.190. The summed E-state index contributed by atoms with van der Waals surface area (Å²) in [5.74, 6) is 0.295. The Balaban J connectivity index is 1.60. The standard InChI is InChI=1S/C21H21N5O4/c1-3-12-30-18-10-8-15(9-11-18)20-23-25-26(24-20)14-19(27)22-17-7-5-6-16(13-17)21(28)29-4-2/h3,5-11,13H,1,4,12,14H2,2H3,(H,22,27). The molecule has 1 heterocycles. The van der Waals surface area contributed by atoms with E-state index in [4.69, 9.17) is 9.47 Å². The van der Waals surface area contributed by atoms with E-state index in [1.54, 1.807) is 61.5 Å². The van der Waals surface area contributed by atoms with Crippen molar-refractivity contribution < 1.29 is 19.1 Å². The van der Waals surface area contributed by atoms with Crippen molar-refractivity contribution >= 4 is 17.6 Å². The van der Waals surface area contributed by atoms with Crippen LogP contribution in [0.1, 0.15) is 17.3 Å². The lowest BCUT2D eigenvalue weighted by molar-refractivity contribution is -0.117. The van der Waals surface area contributed by atoms with Crippen LogP contribution in [-0.2, 0) is 16.1 Å². The first-order valence-corrected chi connectivity index (χ1v) is 9.28. The van der Waals surface area contributed by atoms with Gasteiger partial charge in [-0.25, -0.2) is 4.79 Å². The summed E-state index contributed by atoms with van der Waals surface area (Å²) in [6.45, 7) is 5.91. The number of amides is 1. The highest BCUT2D eigenvalue weighted by Gasteiger charge is 2.12. The third kappa shape index (κ3) is 5.51. The predicted octanol–water partition coefficient (Wildman–Crippen LogP) is 2.72. The largest absolute Gasteiger partial charge is 0.490 e. The molecule has 1 aromatic heterocycles. The highest BCUT2D eigenvalue weighted by Crippen LogP contribution is 2.18. The molecule has 9 heteroatoms. The number of hydrogen-bond acceptors (Lipinski definition) is 7. The summed E-state index contributed by atoms with van der Waals surface area (Å²) in [6, 6.07) is 13.7. The molecule has 9 nitrogen and oxygen atoms in total. The van der Waals surface area contributed by atoms with Gasteiger partial charge < -0.3 is 14.8 Å². The summed E-state index contributed by atoms with van der Waals surface area (Å²) in [4.78, 5) is 25.3. The maximum absolute atomic E-state index is 12.3. The van der Waals surface area contributed by atoms with Gasteiger partial charge in [-0.15, -0.1) is 10.2 Å². The average molecular weight is 407 g/mol. The van der Waals surface area contributed by atoms with Crippen LogP contribution in [-0.4, -0.2) is 45.3 Å². The lowest BCUT2D eigenvalue weighted by Crippen LogP contribution is -2.20. The van der Waals surface area contributed by atoms with Crippen molar-refractivity contribution in [3.05, 3.63) is 66.7 Å². The number of hydrogen-bond donors (Lipinski definition) is 1. The number of rotatable bonds is 9. The molecule has 3 aromatic rings. The number of aromatic nitrogens is 4. The number of nitrogens with zero attached hydrogens (tertiary/aromatic N) is 4. The van der Waals surface area contributed by atoms with Gasteiger partial charge >= 0.3 is 5.97 Å². The summed E-state index contributed by atoms with van der Waals surface area (Å²) >= 11 is 0. The van der Waals surface area contributed by atoms with E-state index < -0.39 is 5.97 Å². The summed E-state index contributed by atoms with van der Waals surface area (Å²) in [5.41, 5.74) is 1.58. The molecule has 1 amide bonds. The van der Waals surface area contributed by atoms with Crippen molar-refractivity contribution in [1.82, 2.24) is 20.2 Å². The Kier molecular flexibility index (Phi) is 6.88. The van der Waals surface area contributed by atoms with E-state index in [1.165, 1.54) is 4.80 Å². The Morgan fingerprint density at radius 3 is 2.73 bits per heavy atom. The van der Waals surface area contributed by atoms with Crippen molar-refractivity contribution in [3.8, 4) is 17.1 Å². The minimum Gasteiger partial charge on any atom is -0.490 e. The number of ether oxygens (including phenoxy) is 2. The molecule has 0 fully saturated rings. The van der Waals surface area contributed by atoms with E-state index in [9.17, 15) is 9.59 Å². The first-order chi connectivity index (χ1) is 14.6. The molecule has 154 valence electrons. The second kappa shape index (κ2) is 9.97. The number of tetrazole rings is 1. The van der Waals surface area contributed by atoms with Gasteiger partial charge in [-0.1, -0.05) is 18.7 Å². The van der Waals surface area contributed by atoms with Crippen LogP contribution in [0.15, 0.2) is 61.2 Å². The van der Waals surface area contributed by atoms with Crippen molar-refractivity contribution in [2.75, 3.05) is 18.5 Å². The number of esters is 1. The molecule has 0 spiro atoms. The van der Waals surface area contributed by atoms with Crippen LogP contribution < -0.4 is 10.1 Å². The average Bonchev–Trinajstić information content (AvgIpc) is 3.21. The van der Waals surface area contributed by atoms with Crippen LogP contribution in [0.4, 0.5) is 5.69 Å². The third-order valence-electron chi connectivity index (χ3n) is 3.88. The molecule has 0 saturated heterocycles. The molecule has 3 rings (SSSR count). The molecular weight excluding hydrogens is 386 g/mol. The summed E-state index contributed by atoms with van der Waals surface area (Å²) in [7, 11) is 0. The molecule has 2 aromatic carbocycles. The van der Waals surface area contributed by atoms with Crippen molar-refractivity contribution in [2.45, 2.75) is 13.5 Å². The molecule has 0 radical (unpaired) electrons. The Labute approximate surface area is 173 Å². The number of carbonyl (C=O) groups excluding carboxylic acids is 2. The first-order valence-electron chi connectivity index (χ1n) is 9.28. The second-order valence-electron chi connectivity index (χ2n) is 6.12. The first kappa shape index (κ1) is 20.7. The number of benzene rings is 2. The van der Waals surface area contributed by atoms with Crippen LogP contribution in [0.2, 0.25) is 0 Å². The van der Waals surface area contributed by atoms with Gasteiger partial charge in [0.2, 0.25) is 11.7 Å². The molecule has 0 unspecified atom stereocenters. The smallest absolute Gasteiger partial charge is 0.338 e. The molecule has 30 heavy (non-hydrogen) atoms. The molecule has 0 aliphatic heterocycles. The van der Waals surface area contributed by atoms with E-state index in [1.807, 2.05) is 0 Å². The predicted molar refractivity (Wildman–Crippen MR) is 110 cm³/mol. The van der Waals surface area contributed by atoms with Crippen LogP contribution in [0, 0.1) is 0 Å². The maximum Gasteiger partial charge on any atom is 0.338 e. The topological polar surface area (TPSA) is 108 Å². The maximum atomic E-state index is 12.3. The highest BCUT2D eigenvalue weighted by atomic mass is 16.5.